The molecular formula is C23H24N4O2. The molecule has 4 rings (SSSR count). The second kappa shape index (κ2) is 8.84. The molecule has 0 unspecified atom stereocenters. The number of amides is 1. The van der Waals surface area contributed by atoms with Crippen LogP contribution in [0.2, 0.25) is 0 Å². The number of hydrogen-bond acceptors (Lipinski definition) is 5. The molecule has 6 nitrogen and oxygen atoms in total. The molecule has 0 spiro atoms. The van der Waals surface area contributed by atoms with Crippen LogP contribution in [-0.4, -0.2) is 42.2 Å². The van der Waals surface area contributed by atoms with E-state index in [-0.39, 0.29) is 5.91 Å². The van der Waals surface area contributed by atoms with Crippen LogP contribution in [0.25, 0.3) is 0 Å². The van der Waals surface area contributed by atoms with Crippen molar-refractivity contribution in [3.05, 3.63) is 83.4 Å². The Morgan fingerprint density at radius 1 is 1.14 bits per heavy atom. The monoisotopic (exact) mass is 388 g/mol. The van der Waals surface area contributed by atoms with Crippen LogP contribution in [0.5, 0.6) is 0 Å². The summed E-state index contributed by atoms with van der Waals surface area (Å²) in [4.78, 5) is 23.7. The highest BCUT2D eigenvalue weighted by molar-refractivity contribution is 6.05. The highest BCUT2D eigenvalue weighted by Gasteiger charge is 2.15. The quantitative estimate of drug-likeness (QED) is 0.725. The number of nitrogens with zero attached hydrogens (tertiary/aromatic N) is 3. The van der Waals surface area contributed by atoms with E-state index in [1.54, 1.807) is 18.6 Å². The fourth-order valence-electron chi connectivity index (χ4n) is 3.37. The predicted molar refractivity (Wildman–Crippen MR) is 113 cm³/mol. The number of morpholine rings is 1. The first-order valence-electron chi connectivity index (χ1n) is 9.77. The molecule has 3 aromatic rings. The van der Waals surface area contributed by atoms with Crippen LogP contribution in [0.4, 0.5) is 11.4 Å². The van der Waals surface area contributed by atoms with Crippen molar-refractivity contribution in [3.8, 4) is 0 Å². The molecule has 1 aliphatic rings. The van der Waals surface area contributed by atoms with Crippen LogP contribution in [0.1, 0.15) is 27.2 Å². The average molecular weight is 388 g/mol. The summed E-state index contributed by atoms with van der Waals surface area (Å²) >= 11 is 0. The maximum Gasteiger partial charge on any atom is 0.257 e. The Labute approximate surface area is 170 Å². The molecule has 1 aromatic carbocycles. The van der Waals surface area contributed by atoms with E-state index in [0.29, 0.717) is 18.8 Å². The highest BCUT2D eigenvalue weighted by atomic mass is 16.5. The van der Waals surface area contributed by atoms with Gasteiger partial charge in [0.1, 0.15) is 0 Å². The minimum absolute atomic E-state index is 0.161. The number of ether oxygens (including phenoxy) is 1. The third-order valence-electron chi connectivity index (χ3n) is 5.02. The molecule has 1 aliphatic heterocycles. The van der Waals surface area contributed by atoms with E-state index in [0.717, 1.165) is 47.7 Å². The van der Waals surface area contributed by atoms with Crippen molar-refractivity contribution in [2.45, 2.75) is 13.3 Å². The van der Waals surface area contributed by atoms with Crippen molar-refractivity contribution in [1.82, 2.24) is 9.97 Å². The third kappa shape index (κ3) is 4.78. The summed E-state index contributed by atoms with van der Waals surface area (Å²) in [5.41, 5.74) is 5.41. The number of pyridine rings is 2. The van der Waals surface area contributed by atoms with Crippen LogP contribution >= 0.6 is 0 Å². The summed E-state index contributed by atoms with van der Waals surface area (Å²) in [6.07, 6.45) is 5.91. The van der Waals surface area contributed by atoms with Gasteiger partial charge in [-0.3, -0.25) is 14.8 Å². The highest BCUT2D eigenvalue weighted by Crippen LogP contribution is 2.21. The van der Waals surface area contributed by atoms with Crippen molar-refractivity contribution >= 4 is 17.3 Å². The number of benzene rings is 1. The smallest absolute Gasteiger partial charge is 0.257 e. The molecular weight excluding hydrogens is 364 g/mol. The van der Waals surface area contributed by atoms with Crippen molar-refractivity contribution in [2.24, 2.45) is 0 Å². The lowest BCUT2D eigenvalue weighted by atomic mass is 10.1. The fourth-order valence-corrected chi connectivity index (χ4v) is 3.37. The molecule has 0 bridgehead atoms. The molecule has 1 saturated heterocycles. The topological polar surface area (TPSA) is 67.4 Å². The minimum atomic E-state index is -0.161. The number of nitrogens with one attached hydrogen (secondary N) is 1. The molecule has 1 amide bonds. The van der Waals surface area contributed by atoms with Gasteiger partial charge in [0, 0.05) is 43.3 Å². The van der Waals surface area contributed by atoms with Crippen molar-refractivity contribution in [3.63, 3.8) is 0 Å². The second-order valence-corrected chi connectivity index (χ2v) is 7.13. The number of aromatic nitrogens is 2. The number of carbonyl (C=O) groups excluding carboxylic acids is 1. The van der Waals surface area contributed by atoms with Gasteiger partial charge >= 0.3 is 0 Å². The van der Waals surface area contributed by atoms with E-state index in [1.807, 2.05) is 43.3 Å². The summed E-state index contributed by atoms with van der Waals surface area (Å²) in [6.45, 7) is 4.99. The zero-order valence-corrected chi connectivity index (χ0v) is 16.5. The van der Waals surface area contributed by atoms with Gasteiger partial charge in [0.25, 0.3) is 5.91 Å². The predicted octanol–water partition coefficient (Wildman–Crippen LogP) is 3.46. The van der Waals surface area contributed by atoms with E-state index < -0.39 is 0 Å². The van der Waals surface area contributed by atoms with Crippen LogP contribution in [-0.2, 0) is 11.2 Å². The largest absolute Gasteiger partial charge is 0.378 e. The molecule has 3 heterocycles. The number of aryl methyl sites for hydroxylation is 1. The standard InChI is InChI=1S/C23H24N4O2/c1-17-5-6-18(12-20-4-2-3-7-25-20)13-22(17)26-23(28)19-14-21(16-24-15-19)27-8-10-29-11-9-27/h2-7,13-16H,8-12H2,1H3,(H,26,28). The van der Waals surface area contributed by atoms with Crippen LogP contribution in [0.15, 0.2) is 61.1 Å². The molecule has 0 aliphatic carbocycles. The molecule has 0 atom stereocenters. The van der Waals surface area contributed by atoms with E-state index >= 15 is 0 Å². The van der Waals surface area contributed by atoms with E-state index in [1.165, 1.54) is 0 Å². The first kappa shape index (κ1) is 19.1. The molecule has 6 heteroatoms. The van der Waals surface area contributed by atoms with Gasteiger partial charge in [-0.2, -0.15) is 0 Å². The summed E-state index contributed by atoms with van der Waals surface area (Å²) < 4.78 is 5.40. The Bertz CT molecular complexity index is 985. The SMILES string of the molecule is Cc1ccc(Cc2ccccn2)cc1NC(=O)c1cncc(N2CCOCC2)c1. The number of rotatable bonds is 5. The molecule has 2 aromatic heterocycles. The number of carbonyl (C=O) groups is 1. The summed E-state index contributed by atoms with van der Waals surface area (Å²) in [7, 11) is 0. The maximum absolute atomic E-state index is 12.9. The Hall–Kier alpha value is -3.25. The van der Waals surface area contributed by atoms with Crippen LogP contribution in [0.3, 0.4) is 0 Å². The molecule has 1 fully saturated rings. The van der Waals surface area contributed by atoms with Gasteiger partial charge in [-0.15, -0.1) is 0 Å². The van der Waals surface area contributed by atoms with E-state index in [4.69, 9.17) is 4.74 Å². The number of hydrogen-bond donors (Lipinski definition) is 1. The first-order chi connectivity index (χ1) is 14.2. The van der Waals surface area contributed by atoms with Crippen molar-refractivity contribution in [2.75, 3.05) is 36.5 Å². The lowest BCUT2D eigenvalue weighted by molar-refractivity contribution is 0.102. The van der Waals surface area contributed by atoms with Gasteiger partial charge in [-0.1, -0.05) is 18.2 Å². The van der Waals surface area contributed by atoms with Gasteiger partial charge in [0.15, 0.2) is 0 Å². The normalized spacial score (nSPS) is 13.9. The Morgan fingerprint density at radius 3 is 2.79 bits per heavy atom. The summed E-state index contributed by atoms with van der Waals surface area (Å²) in [5, 5.41) is 3.04. The lowest BCUT2D eigenvalue weighted by Crippen LogP contribution is -2.36. The first-order valence-corrected chi connectivity index (χ1v) is 9.77. The molecule has 148 valence electrons. The lowest BCUT2D eigenvalue weighted by Gasteiger charge is -2.28. The average Bonchev–Trinajstić information content (AvgIpc) is 2.77. The Kier molecular flexibility index (Phi) is 5.81. The fraction of sp³-hybridized carbons (Fsp3) is 0.261. The molecule has 1 N–H and O–H groups in total. The summed E-state index contributed by atoms with van der Waals surface area (Å²) in [6, 6.07) is 13.9. The Morgan fingerprint density at radius 2 is 2.00 bits per heavy atom. The van der Waals surface area contributed by atoms with Gasteiger partial charge in [0.05, 0.1) is 30.7 Å². The minimum Gasteiger partial charge on any atom is -0.378 e. The Balaban J connectivity index is 1.50. The van der Waals surface area contributed by atoms with Crippen molar-refractivity contribution < 1.29 is 9.53 Å². The molecule has 29 heavy (non-hydrogen) atoms. The molecule has 0 saturated carbocycles. The summed E-state index contributed by atoms with van der Waals surface area (Å²) in [5.74, 6) is -0.161. The zero-order valence-electron chi connectivity index (χ0n) is 16.5. The maximum atomic E-state index is 12.9. The molecule has 0 radical (unpaired) electrons. The van der Waals surface area contributed by atoms with Gasteiger partial charge < -0.3 is 15.0 Å². The van der Waals surface area contributed by atoms with Gasteiger partial charge in [-0.25, -0.2) is 0 Å². The zero-order chi connectivity index (χ0) is 20.1. The van der Waals surface area contributed by atoms with E-state index in [2.05, 4.69) is 26.3 Å². The third-order valence-corrected chi connectivity index (χ3v) is 5.02. The van der Waals surface area contributed by atoms with Crippen LogP contribution in [0, 0.1) is 6.92 Å². The van der Waals surface area contributed by atoms with Gasteiger partial charge in [0.2, 0.25) is 0 Å². The number of anilines is 2. The van der Waals surface area contributed by atoms with Gasteiger partial charge in [-0.05, 0) is 42.3 Å². The van der Waals surface area contributed by atoms with Crippen LogP contribution < -0.4 is 10.2 Å². The van der Waals surface area contributed by atoms with Crippen molar-refractivity contribution in [1.29, 1.82) is 0 Å². The van der Waals surface area contributed by atoms with E-state index in [9.17, 15) is 4.79 Å². The second-order valence-electron chi connectivity index (χ2n) is 7.13.